The molecule has 0 bridgehead atoms. The van der Waals surface area contributed by atoms with E-state index in [4.69, 9.17) is 9.47 Å². The lowest BCUT2D eigenvalue weighted by Gasteiger charge is -2.10. The molecule has 0 saturated carbocycles. The SMILES string of the molecule is Cn1c(=O)c2c(-c3ccc4c(c3)OCO4)ccnc2n(C)c1=O. The molecule has 0 saturated heterocycles. The van der Waals surface area contributed by atoms with Gasteiger partial charge in [-0.05, 0) is 29.3 Å². The quantitative estimate of drug-likeness (QED) is 0.671. The third kappa shape index (κ3) is 1.86. The number of rotatable bonds is 1. The van der Waals surface area contributed by atoms with E-state index in [0.717, 1.165) is 10.1 Å². The summed E-state index contributed by atoms with van der Waals surface area (Å²) in [4.78, 5) is 28.8. The Balaban J connectivity index is 2.09. The Morgan fingerprint density at radius 3 is 2.65 bits per heavy atom. The van der Waals surface area contributed by atoms with Gasteiger partial charge in [-0.25, -0.2) is 9.78 Å². The largest absolute Gasteiger partial charge is 0.454 e. The molecule has 0 unspecified atom stereocenters. The van der Waals surface area contributed by atoms with Crippen molar-refractivity contribution in [1.82, 2.24) is 14.1 Å². The summed E-state index contributed by atoms with van der Waals surface area (Å²) in [5, 5.41) is 0.399. The monoisotopic (exact) mass is 311 g/mol. The minimum absolute atomic E-state index is 0.187. The Kier molecular flexibility index (Phi) is 2.77. The van der Waals surface area contributed by atoms with Crippen LogP contribution in [0.2, 0.25) is 0 Å². The number of pyridine rings is 1. The first-order chi connectivity index (χ1) is 11.1. The maximum atomic E-state index is 12.6. The molecule has 23 heavy (non-hydrogen) atoms. The first-order valence-corrected chi connectivity index (χ1v) is 7.02. The fourth-order valence-corrected chi connectivity index (χ4v) is 2.79. The lowest BCUT2D eigenvalue weighted by Crippen LogP contribution is -2.37. The van der Waals surface area contributed by atoms with Crippen LogP contribution in [0.25, 0.3) is 22.2 Å². The average Bonchev–Trinajstić information content (AvgIpc) is 3.05. The van der Waals surface area contributed by atoms with Crippen LogP contribution in [-0.4, -0.2) is 20.9 Å². The van der Waals surface area contributed by atoms with E-state index in [9.17, 15) is 9.59 Å². The Morgan fingerprint density at radius 1 is 1.04 bits per heavy atom. The van der Waals surface area contributed by atoms with Crippen molar-refractivity contribution >= 4 is 11.0 Å². The third-order valence-electron chi connectivity index (χ3n) is 4.02. The number of fused-ring (bicyclic) bond motifs is 2. The van der Waals surface area contributed by atoms with Crippen molar-refractivity contribution in [3.05, 3.63) is 51.3 Å². The molecule has 3 heterocycles. The lowest BCUT2D eigenvalue weighted by atomic mass is 10.0. The van der Waals surface area contributed by atoms with Crippen molar-refractivity contribution in [3.8, 4) is 22.6 Å². The zero-order chi connectivity index (χ0) is 16.1. The van der Waals surface area contributed by atoms with E-state index in [0.29, 0.717) is 28.1 Å². The Hall–Kier alpha value is -3.09. The molecule has 0 fully saturated rings. The van der Waals surface area contributed by atoms with Crippen molar-refractivity contribution < 1.29 is 9.47 Å². The van der Waals surface area contributed by atoms with Gasteiger partial charge in [0, 0.05) is 20.3 Å². The molecule has 0 spiro atoms. The van der Waals surface area contributed by atoms with Crippen LogP contribution in [-0.2, 0) is 14.1 Å². The topological polar surface area (TPSA) is 75.3 Å². The van der Waals surface area contributed by atoms with E-state index < -0.39 is 5.69 Å². The summed E-state index contributed by atoms with van der Waals surface area (Å²) in [7, 11) is 3.06. The molecule has 1 aromatic carbocycles. The van der Waals surface area contributed by atoms with Crippen molar-refractivity contribution in [2.24, 2.45) is 14.1 Å². The fourth-order valence-electron chi connectivity index (χ4n) is 2.79. The van der Waals surface area contributed by atoms with Crippen LogP contribution in [0.5, 0.6) is 11.5 Å². The molecule has 1 aliphatic heterocycles. The Labute approximate surface area is 130 Å². The zero-order valence-corrected chi connectivity index (χ0v) is 12.6. The second-order valence-electron chi connectivity index (χ2n) is 5.33. The van der Waals surface area contributed by atoms with E-state index in [1.54, 1.807) is 25.4 Å². The van der Waals surface area contributed by atoms with Crippen molar-refractivity contribution in [3.63, 3.8) is 0 Å². The first kappa shape index (κ1) is 13.6. The maximum absolute atomic E-state index is 12.6. The molecule has 116 valence electrons. The van der Waals surface area contributed by atoms with Gasteiger partial charge in [0.2, 0.25) is 6.79 Å². The number of hydrogen-bond acceptors (Lipinski definition) is 5. The van der Waals surface area contributed by atoms with Gasteiger partial charge >= 0.3 is 5.69 Å². The number of benzene rings is 1. The van der Waals surface area contributed by atoms with Crippen LogP contribution in [0.4, 0.5) is 0 Å². The lowest BCUT2D eigenvalue weighted by molar-refractivity contribution is 0.174. The summed E-state index contributed by atoms with van der Waals surface area (Å²) in [5.41, 5.74) is 1.08. The highest BCUT2D eigenvalue weighted by atomic mass is 16.7. The summed E-state index contributed by atoms with van der Waals surface area (Å²) < 4.78 is 13.2. The highest BCUT2D eigenvalue weighted by Gasteiger charge is 2.18. The average molecular weight is 311 g/mol. The van der Waals surface area contributed by atoms with Gasteiger partial charge in [0.1, 0.15) is 5.65 Å². The Morgan fingerprint density at radius 2 is 1.83 bits per heavy atom. The molecule has 4 rings (SSSR count). The molecule has 7 nitrogen and oxygen atoms in total. The minimum atomic E-state index is -0.405. The second kappa shape index (κ2) is 4.70. The zero-order valence-electron chi connectivity index (χ0n) is 12.6. The van der Waals surface area contributed by atoms with Gasteiger partial charge in [0.25, 0.3) is 5.56 Å². The highest BCUT2D eigenvalue weighted by Crippen LogP contribution is 2.36. The molecule has 0 radical (unpaired) electrons. The molecule has 0 aliphatic carbocycles. The molecule has 1 aliphatic rings. The smallest absolute Gasteiger partial charge is 0.332 e. The van der Waals surface area contributed by atoms with Crippen molar-refractivity contribution in [1.29, 1.82) is 0 Å². The fraction of sp³-hybridized carbons (Fsp3) is 0.188. The number of nitrogens with zero attached hydrogens (tertiary/aromatic N) is 3. The molecule has 7 heteroatoms. The standard InChI is InChI=1S/C16H13N3O4/c1-18-14-13(15(20)19(2)16(18)21)10(5-6-17-14)9-3-4-11-12(7-9)23-8-22-11/h3-7H,8H2,1-2H3. The second-order valence-corrected chi connectivity index (χ2v) is 5.33. The van der Waals surface area contributed by atoms with Gasteiger partial charge in [-0.3, -0.25) is 13.9 Å². The number of ether oxygens (including phenoxy) is 2. The molecule has 0 atom stereocenters. The summed E-state index contributed by atoms with van der Waals surface area (Å²) >= 11 is 0. The van der Waals surface area contributed by atoms with E-state index in [1.165, 1.54) is 11.6 Å². The maximum Gasteiger partial charge on any atom is 0.332 e. The van der Waals surface area contributed by atoms with E-state index in [1.807, 2.05) is 12.1 Å². The van der Waals surface area contributed by atoms with E-state index >= 15 is 0 Å². The predicted octanol–water partition coefficient (Wildman–Crippen LogP) is 1.03. The van der Waals surface area contributed by atoms with Gasteiger partial charge in [0.15, 0.2) is 11.5 Å². The Bertz CT molecular complexity index is 1070. The van der Waals surface area contributed by atoms with Gasteiger partial charge in [-0.2, -0.15) is 0 Å². The summed E-state index contributed by atoms with van der Waals surface area (Å²) in [5.74, 6) is 1.31. The van der Waals surface area contributed by atoms with E-state index in [2.05, 4.69) is 4.98 Å². The van der Waals surface area contributed by atoms with Gasteiger partial charge in [-0.15, -0.1) is 0 Å². The van der Waals surface area contributed by atoms with Crippen LogP contribution in [0.15, 0.2) is 40.1 Å². The van der Waals surface area contributed by atoms with Crippen LogP contribution in [0, 0.1) is 0 Å². The van der Waals surface area contributed by atoms with Crippen LogP contribution < -0.4 is 20.7 Å². The highest BCUT2D eigenvalue weighted by molar-refractivity contribution is 5.92. The summed E-state index contributed by atoms with van der Waals surface area (Å²) in [6.07, 6.45) is 1.58. The molecule has 3 aromatic rings. The van der Waals surface area contributed by atoms with Gasteiger partial charge in [-0.1, -0.05) is 6.07 Å². The molecule has 0 amide bonds. The van der Waals surface area contributed by atoms with Crippen LogP contribution in [0.3, 0.4) is 0 Å². The number of hydrogen-bond donors (Lipinski definition) is 0. The molecular weight excluding hydrogens is 298 g/mol. The molecular formula is C16H13N3O4. The number of aryl methyl sites for hydroxylation is 1. The van der Waals surface area contributed by atoms with Crippen molar-refractivity contribution in [2.45, 2.75) is 0 Å². The van der Waals surface area contributed by atoms with Crippen LogP contribution in [0.1, 0.15) is 0 Å². The van der Waals surface area contributed by atoms with Gasteiger partial charge < -0.3 is 9.47 Å². The van der Waals surface area contributed by atoms with Crippen LogP contribution >= 0.6 is 0 Å². The minimum Gasteiger partial charge on any atom is -0.454 e. The normalized spacial score (nSPS) is 12.8. The summed E-state index contributed by atoms with van der Waals surface area (Å²) in [6.45, 7) is 0.187. The van der Waals surface area contributed by atoms with Gasteiger partial charge in [0.05, 0.1) is 5.39 Å². The summed E-state index contributed by atoms with van der Waals surface area (Å²) in [6, 6.07) is 7.23. The first-order valence-electron chi connectivity index (χ1n) is 7.02. The molecule has 0 N–H and O–H groups in total. The van der Waals surface area contributed by atoms with E-state index in [-0.39, 0.29) is 12.4 Å². The van der Waals surface area contributed by atoms with Crippen molar-refractivity contribution in [2.75, 3.05) is 6.79 Å². The predicted molar refractivity (Wildman–Crippen MR) is 83.8 cm³/mol. The number of aromatic nitrogens is 3. The molecule has 2 aromatic heterocycles. The third-order valence-corrected chi connectivity index (χ3v) is 4.02.